The van der Waals surface area contributed by atoms with Gasteiger partial charge in [0, 0.05) is 22.9 Å². The first-order valence-electron chi connectivity index (χ1n) is 8.94. The van der Waals surface area contributed by atoms with E-state index in [2.05, 4.69) is 10.6 Å². The van der Waals surface area contributed by atoms with Crippen molar-refractivity contribution in [2.24, 2.45) is 0 Å². The molecule has 6 nitrogen and oxygen atoms in total. The maximum absolute atomic E-state index is 11.7. The van der Waals surface area contributed by atoms with E-state index in [0.29, 0.717) is 13.1 Å². The number of hydrogen-bond acceptors (Lipinski definition) is 6. The summed E-state index contributed by atoms with van der Waals surface area (Å²) >= 11 is 3.26. The van der Waals surface area contributed by atoms with Gasteiger partial charge in [-0.15, -0.1) is 23.5 Å². The molecule has 0 heterocycles. The molecule has 0 aliphatic carbocycles. The van der Waals surface area contributed by atoms with Crippen LogP contribution in [0.3, 0.4) is 0 Å². The third-order valence-corrected chi connectivity index (χ3v) is 5.83. The van der Waals surface area contributed by atoms with E-state index in [9.17, 15) is 19.8 Å². The minimum Gasteiger partial charge on any atom is -0.508 e. The molecule has 4 N–H and O–H groups in total. The molecule has 2 aromatic carbocycles. The highest BCUT2D eigenvalue weighted by Gasteiger charge is 2.11. The van der Waals surface area contributed by atoms with Crippen molar-refractivity contribution in [3.63, 3.8) is 0 Å². The van der Waals surface area contributed by atoms with Gasteiger partial charge in [-0.2, -0.15) is 0 Å². The summed E-state index contributed by atoms with van der Waals surface area (Å²) in [5.74, 6) is 0.868. The van der Waals surface area contributed by atoms with E-state index in [1.165, 1.54) is 0 Å². The average Bonchev–Trinajstić information content (AvgIpc) is 2.70. The summed E-state index contributed by atoms with van der Waals surface area (Å²) in [6, 6.07) is 13.9. The minimum absolute atomic E-state index is 0.238. The Morgan fingerprint density at radius 3 is 1.39 bits per heavy atom. The predicted molar refractivity (Wildman–Crippen MR) is 113 cm³/mol. The Labute approximate surface area is 173 Å². The van der Waals surface area contributed by atoms with Crippen molar-refractivity contribution >= 4 is 35.3 Å². The lowest BCUT2D eigenvalue weighted by Gasteiger charge is -2.07. The fourth-order valence-electron chi connectivity index (χ4n) is 2.17. The van der Waals surface area contributed by atoms with Crippen molar-refractivity contribution in [3.05, 3.63) is 48.5 Å². The first kappa shape index (κ1) is 22.0. The van der Waals surface area contributed by atoms with Crippen molar-refractivity contribution in [2.75, 3.05) is 24.6 Å². The number of nitrogens with one attached hydrogen (secondary N) is 2. The smallest absolute Gasteiger partial charge is 0.309 e. The van der Waals surface area contributed by atoms with Crippen LogP contribution in [0.5, 0.6) is 11.5 Å². The molecule has 2 rings (SSSR count). The highest BCUT2D eigenvalue weighted by Crippen LogP contribution is 2.21. The molecule has 0 aromatic heterocycles. The molecule has 0 aliphatic rings. The summed E-state index contributed by atoms with van der Waals surface area (Å²) in [7, 11) is 0. The number of hydrogen-bond donors (Lipinski definition) is 4. The summed E-state index contributed by atoms with van der Waals surface area (Å²) in [5, 5.41) is 23.7. The minimum atomic E-state index is -0.610. The van der Waals surface area contributed by atoms with Gasteiger partial charge < -0.3 is 20.8 Å². The Hall–Kier alpha value is -2.32. The lowest BCUT2D eigenvalue weighted by atomic mass is 10.3. The SMILES string of the molecule is O=C(NCCCSc1ccc(O)cc1)C(=O)NCCCSc1ccc(O)cc1. The van der Waals surface area contributed by atoms with Gasteiger partial charge >= 0.3 is 11.8 Å². The van der Waals surface area contributed by atoms with E-state index in [-0.39, 0.29) is 11.5 Å². The van der Waals surface area contributed by atoms with Crippen molar-refractivity contribution < 1.29 is 19.8 Å². The fraction of sp³-hybridized carbons (Fsp3) is 0.300. The maximum atomic E-state index is 11.7. The zero-order valence-corrected chi connectivity index (χ0v) is 17.0. The summed E-state index contributed by atoms with van der Waals surface area (Å²) < 4.78 is 0. The predicted octanol–water partition coefficient (Wildman–Crippen LogP) is 2.99. The number of rotatable bonds is 10. The molecule has 150 valence electrons. The molecule has 0 aliphatic heterocycles. The standard InChI is InChI=1S/C20H24N2O4S2/c23-15-3-7-17(8-4-15)27-13-1-11-21-19(25)20(26)22-12-2-14-28-18-9-5-16(24)6-10-18/h3-10,23-24H,1-2,11-14H2,(H,21,25)(H,22,26). The van der Waals surface area contributed by atoms with Crippen LogP contribution in [0.1, 0.15) is 12.8 Å². The van der Waals surface area contributed by atoms with Crippen LogP contribution >= 0.6 is 23.5 Å². The quantitative estimate of drug-likeness (QED) is 0.268. The van der Waals surface area contributed by atoms with Gasteiger partial charge in [-0.1, -0.05) is 0 Å². The second-order valence-corrected chi connectivity index (χ2v) is 8.24. The Kier molecular flexibility index (Phi) is 9.57. The second kappa shape index (κ2) is 12.2. The largest absolute Gasteiger partial charge is 0.508 e. The van der Waals surface area contributed by atoms with Gasteiger partial charge in [-0.05, 0) is 72.9 Å². The molecular weight excluding hydrogens is 396 g/mol. The number of carbonyl (C=O) groups excluding carboxylic acids is 2. The molecule has 0 unspecified atom stereocenters. The molecule has 0 atom stereocenters. The van der Waals surface area contributed by atoms with Crippen LogP contribution in [0.4, 0.5) is 0 Å². The lowest BCUT2D eigenvalue weighted by molar-refractivity contribution is -0.139. The van der Waals surface area contributed by atoms with E-state index in [1.54, 1.807) is 47.8 Å². The summed E-state index contributed by atoms with van der Waals surface area (Å²) in [4.78, 5) is 25.6. The van der Waals surface area contributed by atoms with Crippen molar-refractivity contribution in [3.8, 4) is 11.5 Å². The van der Waals surface area contributed by atoms with E-state index in [0.717, 1.165) is 34.1 Å². The van der Waals surface area contributed by atoms with Crippen LogP contribution in [0.15, 0.2) is 58.3 Å². The molecule has 0 bridgehead atoms. The Morgan fingerprint density at radius 2 is 1.04 bits per heavy atom. The number of benzene rings is 2. The van der Waals surface area contributed by atoms with Gasteiger partial charge in [-0.25, -0.2) is 0 Å². The van der Waals surface area contributed by atoms with Crippen LogP contribution in [-0.2, 0) is 9.59 Å². The molecule has 0 fully saturated rings. The molecule has 0 spiro atoms. The molecule has 0 saturated heterocycles. The van der Waals surface area contributed by atoms with Crippen molar-refractivity contribution in [1.82, 2.24) is 10.6 Å². The van der Waals surface area contributed by atoms with Crippen LogP contribution < -0.4 is 10.6 Å². The lowest BCUT2D eigenvalue weighted by Crippen LogP contribution is -2.40. The van der Waals surface area contributed by atoms with E-state index in [4.69, 9.17) is 0 Å². The van der Waals surface area contributed by atoms with Crippen molar-refractivity contribution in [2.45, 2.75) is 22.6 Å². The van der Waals surface area contributed by atoms with Gasteiger partial charge in [-0.3, -0.25) is 9.59 Å². The Balaban J connectivity index is 1.49. The summed E-state index contributed by atoms with van der Waals surface area (Å²) in [5.41, 5.74) is 0. The molecular formula is C20H24N2O4S2. The van der Waals surface area contributed by atoms with E-state index < -0.39 is 11.8 Å². The van der Waals surface area contributed by atoms with Gasteiger partial charge in [0.2, 0.25) is 0 Å². The number of thioether (sulfide) groups is 2. The number of amides is 2. The number of phenolic OH excluding ortho intramolecular Hbond substituents is 2. The van der Waals surface area contributed by atoms with Crippen LogP contribution in [0, 0.1) is 0 Å². The Morgan fingerprint density at radius 1 is 0.679 bits per heavy atom. The first-order valence-corrected chi connectivity index (χ1v) is 10.9. The third-order valence-electron chi connectivity index (χ3n) is 3.63. The third kappa shape index (κ3) is 8.58. The second-order valence-electron chi connectivity index (χ2n) is 5.90. The zero-order valence-electron chi connectivity index (χ0n) is 15.4. The zero-order chi connectivity index (χ0) is 20.2. The van der Waals surface area contributed by atoms with Gasteiger partial charge in [0.25, 0.3) is 0 Å². The molecule has 2 amide bonds. The molecule has 8 heteroatoms. The van der Waals surface area contributed by atoms with Crippen LogP contribution in [0.25, 0.3) is 0 Å². The highest BCUT2D eigenvalue weighted by atomic mass is 32.2. The number of aromatic hydroxyl groups is 2. The van der Waals surface area contributed by atoms with Crippen molar-refractivity contribution in [1.29, 1.82) is 0 Å². The Bertz CT molecular complexity index is 686. The highest BCUT2D eigenvalue weighted by molar-refractivity contribution is 7.99. The van der Waals surface area contributed by atoms with Gasteiger partial charge in [0.15, 0.2) is 0 Å². The van der Waals surface area contributed by atoms with Crippen LogP contribution in [-0.4, -0.2) is 46.6 Å². The fourth-order valence-corrected chi connectivity index (χ4v) is 3.88. The molecule has 2 aromatic rings. The average molecular weight is 421 g/mol. The molecule has 0 radical (unpaired) electrons. The molecule has 28 heavy (non-hydrogen) atoms. The first-order chi connectivity index (χ1) is 13.5. The normalized spacial score (nSPS) is 10.4. The topological polar surface area (TPSA) is 98.7 Å². The number of phenols is 2. The monoisotopic (exact) mass is 420 g/mol. The molecule has 0 saturated carbocycles. The van der Waals surface area contributed by atoms with Gasteiger partial charge in [0.05, 0.1) is 0 Å². The van der Waals surface area contributed by atoms with E-state index >= 15 is 0 Å². The summed E-state index contributed by atoms with van der Waals surface area (Å²) in [6.45, 7) is 0.877. The van der Waals surface area contributed by atoms with E-state index in [1.807, 2.05) is 24.3 Å². The summed E-state index contributed by atoms with van der Waals surface area (Å²) in [6.07, 6.45) is 1.49. The maximum Gasteiger partial charge on any atom is 0.309 e. The van der Waals surface area contributed by atoms with Gasteiger partial charge in [0.1, 0.15) is 11.5 Å². The van der Waals surface area contributed by atoms with Crippen LogP contribution in [0.2, 0.25) is 0 Å². The number of carbonyl (C=O) groups is 2.